The summed E-state index contributed by atoms with van der Waals surface area (Å²) in [6.45, 7) is 2.35. The summed E-state index contributed by atoms with van der Waals surface area (Å²) in [6.07, 6.45) is 1.57. The highest BCUT2D eigenvalue weighted by molar-refractivity contribution is 8.23. The lowest BCUT2D eigenvalue weighted by molar-refractivity contribution is -0.137. The lowest BCUT2D eigenvalue weighted by Gasteiger charge is -2.26. The van der Waals surface area contributed by atoms with Gasteiger partial charge in [-0.1, -0.05) is 24.0 Å². The molecule has 2 fully saturated rings. The van der Waals surface area contributed by atoms with E-state index in [1.807, 2.05) is 0 Å². The number of morpholine rings is 1. The fourth-order valence-electron chi connectivity index (χ4n) is 2.28. The van der Waals surface area contributed by atoms with Gasteiger partial charge in [-0.3, -0.25) is 9.59 Å². The van der Waals surface area contributed by atoms with Crippen LogP contribution < -0.4 is 4.74 Å². The van der Waals surface area contributed by atoms with Crippen LogP contribution >= 0.6 is 24.0 Å². The summed E-state index contributed by atoms with van der Waals surface area (Å²) >= 11 is 6.36. The lowest BCUT2D eigenvalue weighted by Crippen LogP contribution is -2.42. The van der Waals surface area contributed by atoms with Gasteiger partial charge in [-0.15, -0.1) is 0 Å². The van der Waals surface area contributed by atoms with Gasteiger partial charge in [-0.05, 0) is 29.8 Å². The zero-order valence-corrected chi connectivity index (χ0v) is 15.1. The van der Waals surface area contributed by atoms with Crippen molar-refractivity contribution >= 4 is 46.3 Å². The fourth-order valence-corrected chi connectivity index (χ4v) is 3.25. The molecule has 0 spiro atoms. The fraction of sp³-hybridized carbons (Fsp3) is 0.375. The highest BCUT2D eigenvalue weighted by Gasteiger charge is 2.25. The Kier molecular flexibility index (Phi) is 6.00. The number of carbonyl (C=O) groups excluding carboxylic acids is 2. The van der Waals surface area contributed by atoms with Gasteiger partial charge in [0.15, 0.2) is 10.9 Å². The maximum atomic E-state index is 12.0. The predicted molar refractivity (Wildman–Crippen MR) is 98.8 cm³/mol. The molecule has 1 aromatic rings. The number of rotatable bonds is 5. The minimum Gasteiger partial charge on any atom is -0.484 e. The third-order valence-electron chi connectivity index (χ3n) is 3.66. The molecule has 9 heteroatoms. The largest absolute Gasteiger partial charge is 0.484 e. The minimum absolute atomic E-state index is 0.00120. The zero-order chi connectivity index (χ0) is 17.6. The summed E-state index contributed by atoms with van der Waals surface area (Å²) in [7, 11) is 0. The summed E-state index contributed by atoms with van der Waals surface area (Å²) in [5.41, 5.74) is 0.805. The van der Waals surface area contributed by atoms with Gasteiger partial charge in [-0.2, -0.15) is 10.1 Å². The van der Waals surface area contributed by atoms with Crippen molar-refractivity contribution in [3.63, 3.8) is 0 Å². The van der Waals surface area contributed by atoms with Crippen molar-refractivity contribution in [2.45, 2.75) is 0 Å². The number of thioether (sulfide) groups is 1. The molecule has 1 aromatic carbocycles. The number of hydrogen-bond acceptors (Lipinski definition) is 7. The van der Waals surface area contributed by atoms with Crippen LogP contribution in [0.15, 0.2) is 29.4 Å². The topological polar surface area (TPSA) is 71.4 Å². The molecule has 0 atom stereocenters. The molecule has 2 aliphatic heterocycles. The highest BCUT2D eigenvalue weighted by atomic mass is 32.2. The van der Waals surface area contributed by atoms with Gasteiger partial charge < -0.3 is 14.4 Å². The number of nitrogens with zero attached hydrogens (tertiary/aromatic N) is 3. The van der Waals surface area contributed by atoms with E-state index in [0.29, 0.717) is 42.1 Å². The van der Waals surface area contributed by atoms with E-state index < -0.39 is 0 Å². The van der Waals surface area contributed by atoms with Gasteiger partial charge in [0.25, 0.3) is 11.8 Å². The van der Waals surface area contributed by atoms with E-state index in [0.717, 1.165) is 5.56 Å². The van der Waals surface area contributed by atoms with Crippen molar-refractivity contribution in [1.29, 1.82) is 0 Å². The van der Waals surface area contributed by atoms with E-state index in [2.05, 4.69) is 5.10 Å². The lowest BCUT2D eigenvalue weighted by atomic mass is 10.2. The summed E-state index contributed by atoms with van der Waals surface area (Å²) in [6, 6.07) is 7.11. The van der Waals surface area contributed by atoms with Crippen LogP contribution in [-0.4, -0.2) is 70.9 Å². The van der Waals surface area contributed by atoms with E-state index in [-0.39, 0.29) is 18.4 Å². The molecule has 0 radical (unpaired) electrons. The van der Waals surface area contributed by atoms with E-state index in [9.17, 15) is 9.59 Å². The van der Waals surface area contributed by atoms with Gasteiger partial charge in [0.1, 0.15) is 5.75 Å². The Morgan fingerprint density at radius 3 is 2.68 bits per heavy atom. The summed E-state index contributed by atoms with van der Waals surface area (Å²) in [4.78, 5) is 25.3. The van der Waals surface area contributed by atoms with Crippen molar-refractivity contribution in [3.8, 4) is 5.75 Å². The SMILES string of the molecule is O=C(COc1ccc(/C=N/N2C(=O)CSC2=S)cc1)N1CCOCC1. The van der Waals surface area contributed by atoms with Gasteiger partial charge in [-0.25, -0.2) is 0 Å². The van der Waals surface area contributed by atoms with Crippen molar-refractivity contribution in [2.24, 2.45) is 5.10 Å². The smallest absolute Gasteiger partial charge is 0.260 e. The number of ether oxygens (including phenoxy) is 2. The first-order chi connectivity index (χ1) is 12.1. The average Bonchev–Trinajstić information content (AvgIpc) is 2.97. The van der Waals surface area contributed by atoms with E-state index in [1.165, 1.54) is 16.8 Å². The molecular weight excluding hydrogens is 362 g/mol. The number of hydrogen-bond donors (Lipinski definition) is 0. The molecule has 0 aromatic heterocycles. The molecule has 0 bridgehead atoms. The average molecular weight is 379 g/mol. The monoisotopic (exact) mass is 379 g/mol. The second-order valence-electron chi connectivity index (χ2n) is 5.36. The molecule has 2 aliphatic rings. The Hall–Kier alpha value is -1.97. The standard InChI is InChI=1S/C16H17N3O4S2/c20-14(18-5-7-22-8-6-18)10-23-13-3-1-12(2-4-13)9-17-19-15(21)11-25-16(19)24/h1-4,9H,5-8,10-11H2/b17-9+. The Labute approximate surface area is 154 Å². The van der Waals surface area contributed by atoms with Crippen LogP contribution in [-0.2, 0) is 14.3 Å². The minimum atomic E-state index is -0.118. The van der Waals surface area contributed by atoms with Crippen LogP contribution in [0.5, 0.6) is 5.75 Å². The van der Waals surface area contributed by atoms with Crippen molar-refractivity contribution < 1.29 is 19.1 Å². The van der Waals surface area contributed by atoms with Gasteiger partial charge in [0.05, 0.1) is 25.2 Å². The quantitative estimate of drug-likeness (QED) is 0.564. The van der Waals surface area contributed by atoms with Gasteiger partial charge >= 0.3 is 0 Å². The Morgan fingerprint density at radius 2 is 2.04 bits per heavy atom. The maximum Gasteiger partial charge on any atom is 0.260 e. The third-order valence-corrected chi connectivity index (χ3v) is 4.99. The molecule has 132 valence electrons. The van der Waals surface area contributed by atoms with Crippen LogP contribution in [0.3, 0.4) is 0 Å². The first kappa shape index (κ1) is 17.8. The van der Waals surface area contributed by atoms with Crippen molar-refractivity contribution in [3.05, 3.63) is 29.8 Å². The molecule has 0 saturated carbocycles. The molecule has 0 unspecified atom stereocenters. The van der Waals surface area contributed by atoms with Crippen LogP contribution in [0.2, 0.25) is 0 Å². The molecule has 2 heterocycles. The number of hydrazone groups is 1. The number of thiocarbonyl (C=S) groups is 1. The highest BCUT2D eigenvalue weighted by Crippen LogP contribution is 2.19. The number of amides is 2. The second-order valence-corrected chi connectivity index (χ2v) is 6.96. The van der Waals surface area contributed by atoms with E-state index >= 15 is 0 Å². The maximum absolute atomic E-state index is 12.0. The molecule has 7 nitrogen and oxygen atoms in total. The van der Waals surface area contributed by atoms with Gasteiger partial charge in [0.2, 0.25) is 0 Å². The summed E-state index contributed by atoms with van der Waals surface area (Å²) < 4.78 is 11.2. The van der Waals surface area contributed by atoms with Crippen LogP contribution in [0, 0.1) is 0 Å². The molecule has 25 heavy (non-hydrogen) atoms. The zero-order valence-electron chi connectivity index (χ0n) is 13.4. The molecule has 0 aliphatic carbocycles. The van der Waals surface area contributed by atoms with E-state index in [4.69, 9.17) is 21.7 Å². The molecular formula is C16H17N3O4S2. The Bertz CT molecular complexity index is 671. The predicted octanol–water partition coefficient (Wildman–Crippen LogP) is 1.12. The normalized spacial score (nSPS) is 18.2. The summed E-state index contributed by atoms with van der Waals surface area (Å²) in [5, 5.41) is 5.33. The van der Waals surface area contributed by atoms with Crippen LogP contribution in [0.4, 0.5) is 0 Å². The Balaban J connectivity index is 1.51. The molecule has 2 amide bonds. The van der Waals surface area contributed by atoms with Crippen LogP contribution in [0.1, 0.15) is 5.56 Å². The molecule has 3 rings (SSSR count). The summed E-state index contributed by atoms with van der Waals surface area (Å²) in [5.74, 6) is 0.766. The number of carbonyl (C=O) groups is 2. The van der Waals surface area contributed by atoms with Crippen molar-refractivity contribution in [2.75, 3.05) is 38.7 Å². The van der Waals surface area contributed by atoms with Crippen LogP contribution in [0.25, 0.3) is 0 Å². The van der Waals surface area contributed by atoms with E-state index in [1.54, 1.807) is 35.4 Å². The third kappa shape index (κ3) is 4.77. The second kappa shape index (κ2) is 8.41. The first-order valence-electron chi connectivity index (χ1n) is 7.75. The van der Waals surface area contributed by atoms with Gasteiger partial charge in [0, 0.05) is 13.1 Å². The molecule has 2 saturated heterocycles. The first-order valence-corrected chi connectivity index (χ1v) is 9.15. The molecule has 0 N–H and O–H groups in total. The Morgan fingerprint density at radius 1 is 1.32 bits per heavy atom. The number of benzene rings is 1. The van der Waals surface area contributed by atoms with Crippen molar-refractivity contribution in [1.82, 2.24) is 9.91 Å².